The van der Waals surface area contributed by atoms with Crippen molar-refractivity contribution in [3.8, 4) is 45.4 Å². The molecule has 1 atom stereocenters. The number of aromatic nitrogens is 3. The topological polar surface area (TPSA) is 113 Å². The van der Waals surface area contributed by atoms with Gasteiger partial charge in [0.1, 0.15) is 5.69 Å². The van der Waals surface area contributed by atoms with Crippen molar-refractivity contribution in [3.63, 3.8) is 0 Å². The Balaban J connectivity index is 0.956. The van der Waals surface area contributed by atoms with Crippen LogP contribution in [0.4, 0.5) is 0 Å². The summed E-state index contributed by atoms with van der Waals surface area (Å²) in [5.41, 5.74) is 9.63. The van der Waals surface area contributed by atoms with Crippen molar-refractivity contribution < 1.29 is 19.1 Å². The number of likely N-dealkylation sites (tertiary alicyclic amines) is 3. The number of halogens is 1. The van der Waals surface area contributed by atoms with Crippen molar-refractivity contribution in [3.05, 3.63) is 76.1 Å². The van der Waals surface area contributed by atoms with E-state index < -0.39 is 0 Å². The third-order valence-electron chi connectivity index (χ3n) is 12.2. The molecule has 2 amide bonds. The Kier molecular flexibility index (Phi) is 8.25. The van der Waals surface area contributed by atoms with Crippen LogP contribution in [0.5, 0.6) is 11.8 Å². The molecule has 4 aromatic rings. The zero-order chi connectivity index (χ0) is 36.6. The second-order valence-corrected chi connectivity index (χ2v) is 16.1. The van der Waals surface area contributed by atoms with E-state index in [1.165, 1.54) is 5.56 Å². The van der Waals surface area contributed by atoms with Crippen LogP contribution >= 0.6 is 11.6 Å². The average Bonchev–Trinajstić information content (AvgIpc) is 3.71. The van der Waals surface area contributed by atoms with E-state index in [-0.39, 0.29) is 28.8 Å². The number of pyridine rings is 1. The molecule has 4 fully saturated rings. The average molecular weight is 734 g/mol. The van der Waals surface area contributed by atoms with E-state index in [1.54, 1.807) is 21.1 Å². The second-order valence-electron chi connectivity index (χ2n) is 15.8. The molecule has 1 unspecified atom stereocenters. The maximum atomic E-state index is 11.9. The molecule has 53 heavy (non-hydrogen) atoms. The zero-order valence-electron chi connectivity index (χ0n) is 30.7. The number of ether oxygens (including phenoxy) is 2. The normalized spacial score (nSPS) is 21.2. The fraction of sp³-hybridized carbons (Fsp3) is 0.439. The summed E-state index contributed by atoms with van der Waals surface area (Å²) in [6.45, 7) is 9.67. The van der Waals surface area contributed by atoms with Gasteiger partial charge in [0.05, 0.1) is 42.4 Å². The van der Waals surface area contributed by atoms with E-state index >= 15 is 0 Å². The number of carbonyl (C=O) groups excluding carboxylic acids is 2. The predicted octanol–water partition coefficient (Wildman–Crippen LogP) is 5.47. The van der Waals surface area contributed by atoms with Crippen LogP contribution in [0, 0.1) is 12.3 Å². The van der Waals surface area contributed by atoms with Gasteiger partial charge in [0.25, 0.3) is 0 Å². The molecule has 2 spiro atoms. The third kappa shape index (κ3) is 5.75. The molecular formula is C41H44ClN7O4. The number of amides is 2. The number of rotatable bonds is 8. The first-order valence-corrected chi connectivity index (χ1v) is 18.9. The van der Waals surface area contributed by atoms with E-state index in [4.69, 9.17) is 36.0 Å². The zero-order valence-corrected chi connectivity index (χ0v) is 31.4. The van der Waals surface area contributed by atoms with Crippen LogP contribution in [0.3, 0.4) is 0 Å². The summed E-state index contributed by atoms with van der Waals surface area (Å²) in [5.74, 6) is 1.47. The Bertz CT molecular complexity index is 2150. The molecule has 4 aliphatic heterocycles. The lowest BCUT2D eigenvalue weighted by Crippen LogP contribution is -2.72. The summed E-state index contributed by atoms with van der Waals surface area (Å²) in [6, 6.07) is 14.7. The fourth-order valence-electron chi connectivity index (χ4n) is 9.56. The van der Waals surface area contributed by atoms with Crippen LogP contribution in [-0.4, -0.2) is 100 Å². The molecule has 12 heteroatoms. The number of methoxy groups -OCH3 is 2. The minimum absolute atomic E-state index is 0.0678. The number of aryl methyl sites for hydroxylation is 1. The Morgan fingerprint density at radius 3 is 2.32 bits per heavy atom. The third-order valence-corrected chi connectivity index (χ3v) is 12.6. The van der Waals surface area contributed by atoms with Crippen LogP contribution in [-0.2, 0) is 22.6 Å². The molecule has 9 rings (SSSR count). The van der Waals surface area contributed by atoms with E-state index in [1.807, 2.05) is 35.4 Å². The first-order valence-electron chi connectivity index (χ1n) is 18.5. The number of nitrogens with zero attached hydrogens (tertiary/aromatic N) is 6. The van der Waals surface area contributed by atoms with Crippen LogP contribution in [0.2, 0.25) is 5.02 Å². The lowest BCUT2D eigenvalue weighted by Gasteiger charge is -2.60. The molecule has 1 aliphatic carbocycles. The van der Waals surface area contributed by atoms with Crippen LogP contribution in [0.1, 0.15) is 54.6 Å². The molecule has 0 bridgehead atoms. The van der Waals surface area contributed by atoms with Crippen molar-refractivity contribution in [2.75, 3.05) is 53.5 Å². The van der Waals surface area contributed by atoms with Crippen molar-refractivity contribution in [2.45, 2.75) is 57.7 Å². The lowest BCUT2D eigenvalue weighted by molar-refractivity contribution is -0.157. The Labute approximate surface area is 314 Å². The lowest BCUT2D eigenvalue weighted by atomic mass is 9.73. The van der Waals surface area contributed by atoms with Gasteiger partial charge in [-0.1, -0.05) is 48.0 Å². The van der Waals surface area contributed by atoms with Crippen molar-refractivity contribution in [2.24, 2.45) is 5.41 Å². The van der Waals surface area contributed by atoms with Crippen LogP contribution in [0.15, 0.2) is 48.7 Å². The van der Waals surface area contributed by atoms with Gasteiger partial charge in [0, 0.05) is 92.9 Å². The molecule has 2 aromatic heterocycles. The van der Waals surface area contributed by atoms with E-state index in [9.17, 15) is 9.59 Å². The van der Waals surface area contributed by atoms with Crippen LogP contribution in [0.25, 0.3) is 33.6 Å². The highest BCUT2D eigenvalue weighted by Crippen LogP contribution is 2.48. The molecule has 2 aromatic carbocycles. The Hall–Kier alpha value is -4.58. The van der Waals surface area contributed by atoms with Gasteiger partial charge >= 0.3 is 0 Å². The van der Waals surface area contributed by atoms with Crippen molar-refractivity contribution in [1.82, 2.24) is 35.0 Å². The summed E-state index contributed by atoms with van der Waals surface area (Å²) in [4.78, 5) is 45.1. The fourth-order valence-corrected chi connectivity index (χ4v) is 9.88. The number of benzene rings is 2. The smallest absolute Gasteiger partial charge is 0.237 e. The molecule has 5 aliphatic rings. The number of carbonyl (C=O) groups is 2. The Morgan fingerprint density at radius 1 is 0.925 bits per heavy atom. The first-order chi connectivity index (χ1) is 25.6. The van der Waals surface area contributed by atoms with Crippen LogP contribution < -0.4 is 14.8 Å². The monoisotopic (exact) mass is 733 g/mol. The van der Waals surface area contributed by atoms with Gasteiger partial charge in [0.15, 0.2) is 0 Å². The van der Waals surface area contributed by atoms with Gasteiger partial charge in [-0.2, -0.15) is 0 Å². The minimum Gasteiger partial charge on any atom is -0.481 e. The summed E-state index contributed by atoms with van der Waals surface area (Å²) in [6.07, 6.45) is 5.28. The van der Waals surface area contributed by atoms with Gasteiger partial charge < -0.3 is 19.7 Å². The van der Waals surface area contributed by atoms with Crippen molar-refractivity contribution >= 4 is 23.4 Å². The minimum atomic E-state index is -0.0678. The summed E-state index contributed by atoms with van der Waals surface area (Å²) in [7, 11) is 3.33. The summed E-state index contributed by atoms with van der Waals surface area (Å²) >= 11 is 7.29. The van der Waals surface area contributed by atoms with Gasteiger partial charge in [-0.05, 0) is 48.9 Å². The summed E-state index contributed by atoms with van der Waals surface area (Å²) in [5, 5.41) is 3.83. The quantitative estimate of drug-likeness (QED) is 0.252. The molecule has 4 saturated heterocycles. The molecule has 6 heterocycles. The highest BCUT2D eigenvalue weighted by molar-refractivity contribution is 6.36. The van der Waals surface area contributed by atoms with E-state index in [2.05, 4.69) is 40.2 Å². The van der Waals surface area contributed by atoms with Gasteiger partial charge in [-0.3, -0.25) is 24.4 Å². The van der Waals surface area contributed by atoms with E-state index in [0.717, 1.165) is 109 Å². The Morgan fingerprint density at radius 2 is 1.62 bits per heavy atom. The number of nitrogens with one attached hydrogen (secondary N) is 1. The van der Waals surface area contributed by atoms with Gasteiger partial charge in [-0.25, -0.2) is 9.97 Å². The maximum Gasteiger partial charge on any atom is 0.237 e. The molecule has 1 N–H and O–H groups in total. The predicted molar refractivity (Wildman–Crippen MR) is 202 cm³/mol. The molecule has 11 nitrogen and oxygen atoms in total. The number of hydrogen-bond donors (Lipinski definition) is 1. The highest BCUT2D eigenvalue weighted by atomic mass is 35.5. The molecular weight excluding hydrogens is 690 g/mol. The summed E-state index contributed by atoms with van der Waals surface area (Å²) < 4.78 is 11.7. The molecule has 274 valence electrons. The molecule has 0 radical (unpaired) electrons. The van der Waals surface area contributed by atoms with Gasteiger partial charge in [0.2, 0.25) is 23.6 Å². The second kappa shape index (κ2) is 12.8. The SMILES string of the molecule is COc1nc(-c2cccc(-c3cccc(-c4cc5c(c(OC)n4)C(N4CC6(CCC(=O)N6)C4)CC5)c3Cl)c2C)cnc1CN1CC2(C1)CN(C(C)=O)C2. The van der Waals surface area contributed by atoms with E-state index in [0.29, 0.717) is 29.7 Å². The maximum absolute atomic E-state index is 11.9. The first kappa shape index (κ1) is 34.2. The molecule has 0 saturated carbocycles. The number of fused-ring (bicyclic) bond motifs is 1. The largest absolute Gasteiger partial charge is 0.481 e. The van der Waals surface area contributed by atoms with Crippen molar-refractivity contribution in [1.29, 1.82) is 0 Å². The number of hydrogen-bond acceptors (Lipinski definition) is 9. The standard InChI is InChI=1S/C41H44ClN7O4/c1-24-27(7-5-8-28(24)32-16-43-33(38(45-32)52-3)17-47-18-40(19-47)20-48(21-40)25(2)50)29-9-6-10-30(37(29)42)31-15-26-11-12-34(36(26)39(44-31)53-4)49-22-41(23-49)14-13-35(51)46-41/h5-10,15-16,34H,11-14,17-23H2,1-4H3,(H,46,51). The highest BCUT2D eigenvalue weighted by Gasteiger charge is 2.53. The van der Waals surface area contributed by atoms with Gasteiger partial charge in [-0.15, -0.1) is 0 Å².